The van der Waals surface area contributed by atoms with Crippen LogP contribution in [0.25, 0.3) is 0 Å². The van der Waals surface area contributed by atoms with Crippen LogP contribution in [0.3, 0.4) is 0 Å². The fourth-order valence-corrected chi connectivity index (χ4v) is 3.71. The number of nitrogens with zero attached hydrogens (tertiary/aromatic N) is 1. The smallest absolute Gasteiger partial charge is 0.326 e. The van der Waals surface area contributed by atoms with Crippen molar-refractivity contribution in [1.82, 2.24) is 10.2 Å². The summed E-state index contributed by atoms with van der Waals surface area (Å²) in [6.07, 6.45) is 0.495. The summed E-state index contributed by atoms with van der Waals surface area (Å²) in [6.45, 7) is 0. The van der Waals surface area contributed by atoms with Crippen LogP contribution in [-0.4, -0.2) is 52.2 Å². The van der Waals surface area contributed by atoms with E-state index in [2.05, 4.69) is 0 Å². The summed E-state index contributed by atoms with van der Waals surface area (Å²) in [4.78, 5) is 49.9. The van der Waals surface area contributed by atoms with Crippen LogP contribution in [0, 0.1) is 0 Å². The van der Waals surface area contributed by atoms with Gasteiger partial charge >= 0.3 is 5.97 Å². The van der Waals surface area contributed by atoms with Crippen molar-refractivity contribution in [1.29, 1.82) is 0 Å². The van der Waals surface area contributed by atoms with Gasteiger partial charge in [-0.2, -0.15) is 0 Å². The number of amides is 3. The molecule has 150 valence electrons. The summed E-state index contributed by atoms with van der Waals surface area (Å²) in [6, 6.07) is 1.92. The molecule has 1 aromatic rings. The Hall–Kier alpha value is -2.84. The van der Waals surface area contributed by atoms with Crippen molar-refractivity contribution in [2.24, 2.45) is 0 Å². The number of rotatable bonds is 6. The standard InChI is InChI=1S/C19H20F2N2O5/c20-15(21)9-14(19(27)28)22-16(24)10-6-7-12-13(8-10)18(26)23(17(12)25)11-4-2-1-3-5-11/h6-8,11,14-15H,1-5,9H2,(H,22,24)(H,27,28). The van der Waals surface area contributed by atoms with E-state index >= 15 is 0 Å². The third-order valence-electron chi connectivity index (χ3n) is 5.14. The topological polar surface area (TPSA) is 104 Å². The average molecular weight is 394 g/mol. The molecular weight excluding hydrogens is 374 g/mol. The Morgan fingerprint density at radius 2 is 1.75 bits per heavy atom. The maximum Gasteiger partial charge on any atom is 0.326 e. The second-order valence-electron chi connectivity index (χ2n) is 7.02. The van der Waals surface area contributed by atoms with E-state index in [1.807, 2.05) is 5.32 Å². The lowest BCUT2D eigenvalue weighted by molar-refractivity contribution is -0.140. The normalized spacial score (nSPS) is 18.3. The molecule has 2 N–H and O–H groups in total. The molecule has 1 aromatic carbocycles. The number of carboxylic acid groups (broad SMARTS) is 1. The lowest BCUT2D eigenvalue weighted by Crippen LogP contribution is -2.42. The summed E-state index contributed by atoms with van der Waals surface area (Å²) in [7, 11) is 0. The van der Waals surface area contributed by atoms with E-state index in [1.54, 1.807) is 0 Å². The lowest BCUT2D eigenvalue weighted by atomic mass is 9.94. The molecule has 28 heavy (non-hydrogen) atoms. The number of carbonyl (C=O) groups excluding carboxylic acids is 3. The molecule has 0 bridgehead atoms. The van der Waals surface area contributed by atoms with Crippen LogP contribution in [0.4, 0.5) is 8.78 Å². The SMILES string of the molecule is O=C(NC(CC(F)F)C(=O)O)c1ccc2c(c1)C(=O)N(C1CCCCC1)C2=O. The highest BCUT2D eigenvalue weighted by molar-refractivity contribution is 6.22. The third-order valence-corrected chi connectivity index (χ3v) is 5.14. The van der Waals surface area contributed by atoms with E-state index in [-0.39, 0.29) is 22.7 Å². The van der Waals surface area contributed by atoms with Gasteiger partial charge in [-0.3, -0.25) is 19.3 Å². The molecule has 0 aromatic heterocycles. The molecule has 2 aliphatic rings. The van der Waals surface area contributed by atoms with Gasteiger partial charge in [0.15, 0.2) is 0 Å². The van der Waals surface area contributed by atoms with Crippen LogP contribution in [0.1, 0.15) is 69.6 Å². The molecule has 1 aliphatic carbocycles. The predicted octanol–water partition coefficient (Wildman–Crippen LogP) is 2.45. The van der Waals surface area contributed by atoms with E-state index in [4.69, 9.17) is 5.11 Å². The van der Waals surface area contributed by atoms with Crippen molar-refractivity contribution in [2.45, 2.75) is 57.0 Å². The second kappa shape index (κ2) is 8.04. The molecule has 1 atom stereocenters. The molecule has 3 rings (SSSR count). The number of carboxylic acids is 1. The highest BCUT2D eigenvalue weighted by Gasteiger charge is 2.40. The van der Waals surface area contributed by atoms with Gasteiger partial charge in [-0.25, -0.2) is 13.6 Å². The van der Waals surface area contributed by atoms with Crippen LogP contribution in [0.2, 0.25) is 0 Å². The monoisotopic (exact) mass is 394 g/mol. The summed E-state index contributed by atoms with van der Waals surface area (Å²) in [5.74, 6) is -3.36. The quantitative estimate of drug-likeness (QED) is 0.722. The van der Waals surface area contributed by atoms with Gasteiger partial charge in [-0.05, 0) is 31.0 Å². The highest BCUT2D eigenvalue weighted by Crippen LogP contribution is 2.31. The van der Waals surface area contributed by atoms with Crippen LogP contribution in [-0.2, 0) is 4.79 Å². The second-order valence-corrected chi connectivity index (χ2v) is 7.02. The Labute approximate surface area is 159 Å². The maximum absolute atomic E-state index is 12.7. The Balaban J connectivity index is 1.80. The van der Waals surface area contributed by atoms with E-state index in [1.165, 1.54) is 23.1 Å². The molecule has 0 radical (unpaired) electrons. The molecule has 1 saturated carbocycles. The number of hydrogen-bond donors (Lipinski definition) is 2. The molecular formula is C19H20F2N2O5. The van der Waals surface area contributed by atoms with E-state index in [0.29, 0.717) is 0 Å². The zero-order valence-electron chi connectivity index (χ0n) is 15.0. The molecule has 1 fully saturated rings. The average Bonchev–Trinajstić information content (AvgIpc) is 2.91. The largest absolute Gasteiger partial charge is 0.480 e. The first-order valence-corrected chi connectivity index (χ1v) is 9.13. The molecule has 0 saturated heterocycles. The Morgan fingerprint density at radius 1 is 1.11 bits per heavy atom. The number of carbonyl (C=O) groups is 4. The number of alkyl halides is 2. The van der Waals surface area contributed by atoms with Crippen molar-refractivity contribution in [3.63, 3.8) is 0 Å². The molecule has 1 aliphatic heterocycles. The van der Waals surface area contributed by atoms with Crippen molar-refractivity contribution in [3.05, 3.63) is 34.9 Å². The van der Waals surface area contributed by atoms with Gasteiger partial charge in [0.25, 0.3) is 17.7 Å². The fourth-order valence-electron chi connectivity index (χ4n) is 3.71. The first-order chi connectivity index (χ1) is 13.3. The number of nitrogens with one attached hydrogen (secondary N) is 1. The molecule has 7 nitrogen and oxygen atoms in total. The zero-order chi connectivity index (χ0) is 20.4. The van der Waals surface area contributed by atoms with E-state index in [0.717, 1.165) is 32.1 Å². The number of benzene rings is 1. The van der Waals surface area contributed by atoms with Gasteiger partial charge in [0.1, 0.15) is 6.04 Å². The minimum Gasteiger partial charge on any atom is -0.480 e. The van der Waals surface area contributed by atoms with Crippen molar-refractivity contribution in [3.8, 4) is 0 Å². The van der Waals surface area contributed by atoms with Gasteiger partial charge in [0.2, 0.25) is 6.43 Å². The number of halogens is 2. The predicted molar refractivity (Wildman–Crippen MR) is 93.3 cm³/mol. The Bertz CT molecular complexity index is 821. The molecule has 9 heteroatoms. The van der Waals surface area contributed by atoms with Crippen LogP contribution in [0.5, 0.6) is 0 Å². The van der Waals surface area contributed by atoms with Gasteiger partial charge in [0.05, 0.1) is 11.1 Å². The van der Waals surface area contributed by atoms with Crippen molar-refractivity contribution >= 4 is 23.7 Å². The highest BCUT2D eigenvalue weighted by atomic mass is 19.3. The van der Waals surface area contributed by atoms with Crippen LogP contribution >= 0.6 is 0 Å². The number of fused-ring (bicyclic) bond motifs is 1. The molecule has 3 amide bonds. The Morgan fingerprint density at radius 3 is 2.36 bits per heavy atom. The van der Waals surface area contributed by atoms with Crippen molar-refractivity contribution in [2.75, 3.05) is 0 Å². The van der Waals surface area contributed by atoms with Gasteiger partial charge in [-0.15, -0.1) is 0 Å². The first-order valence-electron chi connectivity index (χ1n) is 9.13. The summed E-state index contributed by atoms with van der Waals surface area (Å²) < 4.78 is 25.0. The minimum atomic E-state index is -2.90. The van der Waals surface area contributed by atoms with E-state index in [9.17, 15) is 28.0 Å². The van der Waals surface area contributed by atoms with Gasteiger partial charge in [-0.1, -0.05) is 19.3 Å². The fraction of sp³-hybridized carbons (Fsp3) is 0.474. The third kappa shape index (κ3) is 3.88. The summed E-state index contributed by atoms with van der Waals surface area (Å²) in [5.41, 5.74) is 0.198. The van der Waals surface area contributed by atoms with Crippen LogP contribution < -0.4 is 5.32 Å². The molecule has 1 unspecified atom stereocenters. The number of imide groups is 1. The van der Waals surface area contributed by atoms with E-state index < -0.39 is 42.6 Å². The summed E-state index contributed by atoms with van der Waals surface area (Å²) in [5, 5.41) is 11.0. The number of aliphatic carboxylic acids is 1. The first kappa shape index (κ1) is 19.9. The van der Waals surface area contributed by atoms with Gasteiger partial charge in [0, 0.05) is 18.0 Å². The minimum absolute atomic E-state index is 0.0640. The molecule has 0 spiro atoms. The zero-order valence-corrected chi connectivity index (χ0v) is 15.0. The van der Waals surface area contributed by atoms with Crippen LogP contribution in [0.15, 0.2) is 18.2 Å². The Kier molecular flexibility index (Phi) is 5.71. The molecule has 1 heterocycles. The number of hydrogen-bond acceptors (Lipinski definition) is 4. The van der Waals surface area contributed by atoms with Crippen molar-refractivity contribution < 1.29 is 33.1 Å². The van der Waals surface area contributed by atoms with Gasteiger partial charge < -0.3 is 10.4 Å². The summed E-state index contributed by atoms with van der Waals surface area (Å²) >= 11 is 0. The lowest BCUT2D eigenvalue weighted by Gasteiger charge is -2.29. The maximum atomic E-state index is 12.7.